The van der Waals surface area contributed by atoms with Crippen LogP contribution in [-0.2, 0) is 14.3 Å². The molecule has 4 unspecified atom stereocenters. The van der Waals surface area contributed by atoms with E-state index in [1.165, 1.54) is 0 Å². The third-order valence-electron chi connectivity index (χ3n) is 4.11. The predicted molar refractivity (Wildman–Crippen MR) is 65.0 cm³/mol. The maximum atomic E-state index is 12.2. The third-order valence-corrected chi connectivity index (χ3v) is 4.11. The fourth-order valence-corrected chi connectivity index (χ4v) is 3.07. The van der Waals surface area contributed by atoms with E-state index >= 15 is 0 Å². The van der Waals surface area contributed by atoms with Crippen LogP contribution in [0.5, 0.6) is 0 Å². The Morgan fingerprint density at radius 1 is 1.28 bits per heavy atom. The van der Waals surface area contributed by atoms with Crippen molar-refractivity contribution in [3.8, 4) is 0 Å². The SMILES string of the molecule is CCC1OCCC1C(=O)NC1CCCC1C(=O)O. The summed E-state index contributed by atoms with van der Waals surface area (Å²) in [7, 11) is 0. The molecule has 0 aromatic carbocycles. The van der Waals surface area contributed by atoms with Gasteiger partial charge in [0, 0.05) is 12.6 Å². The van der Waals surface area contributed by atoms with Crippen LogP contribution in [0.2, 0.25) is 0 Å². The maximum absolute atomic E-state index is 12.2. The molecule has 0 radical (unpaired) electrons. The molecule has 0 aromatic heterocycles. The van der Waals surface area contributed by atoms with E-state index < -0.39 is 11.9 Å². The highest BCUT2D eigenvalue weighted by molar-refractivity contribution is 5.81. The van der Waals surface area contributed by atoms with E-state index in [2.05, 4.69) is 5.32 Å². The van der Waals surface area contributed by atoms with Crippen LogP contribution in [0, 0.1) is 11.8 Å². The van der Waals surface area contributed by atoms with Crippen molar-refractivity contribution in [2.45, 2.75) is 51.2 Å². The standard InChI is InChI=1S/C13H21NO4/c1-2-11-9(6-7-18-11)12(15)14-10-5-3-4-8(10)13(16)17/h8-11H,2-7H2,1H3,(H,14,15)(H,16,17). The molecule has 1 aliphatic carbocycles. The van der Waals surface area contributed by atoms with Crippen LogP contribution in [0.3, 0.4) is 0 Å². The van der Waals surface area contributed by atoms with Crippen molar-refractivity contribution in [1.29, 1.82) is 0 Å². The summed E-state index contributed by atoms with van der Waals surface area (Å²) in [4.78, 5) is 23.2. The Kier molecular flexibility index (Phi) is 4.22. The molecule has 2 aliphatic rings. The molecule has 1 saturated heterocycles. The monoisotopic (exact) mass is 255 g/mol. The second-order valence-electron chi connectivity index (χ2n) is 5.20. The Balaban J connectivity index is 1.92. The Morgan fingerprint density at radius 2 is 2.06 bits per heavy atom. The van der Waals surface area contributed by atoms with Crippen molar-refractivity contribution >= 4 is 11.9 Å². The molecule has 1 heterocycles. The summed E-state index contributed by atoms with van der Waals surface area (Å²) in [5.74, 6) is -1.36. The van der Waals surface area contributed by atoms with E-state index in [0.29, 0.717) is 13.0 Å². The fraction of sp³-hybridized carbons (Fsp3) is 0.846. The molecule has 4 atom stereocenters. The van der Waals surface area contributed by atoms with Gasteiger partial charge in [0.05, 0.1) is 17.9 Å². The molecular formula is C13H21NO4. The molecule has 0 spiro atoms. The van der Waals surface area contributed by atoms with Crippen LogP contribution in [0.25, 0.3) is 0 Å². The molecule has 1 aliphatic heterocycles. The lowest BCUT2D eigenvalue weighted by Gasteiger charge is -2.22. The quantitative estimate of drug-likeness (QED) is 0.790. The highest BCUT2D eigenvalue weighted by Crippen LogP contribution is 2.28. The molecule has 0 aromatic rings. The van der Waals surface area contributed by atoms with Crippen molar-refractivity contribution in [3.05, 3.63) is 0 Å². The second-order valence-corrected chi connectivity index (χ2v) is 5.20. The molecule has 5 heteroatoms. The number of carboxylic acid groups (broad SMARTS) is 1. The smallest absolute Gasteiger partial charge is 0.308 e. The van der Waals surface area contributed by atoms with Crippen molar-refractivity contribution in [1.82, 2.24) is 5.32 Å². The van der Waals surface area contributed by atoms with Gasteiger partial charge in [0.25, 0.3) is 0 Å². The number of hydrogen-bond acceptors (Lipinski definition) is 3. The minimum Gasteiger partial charge on any atom is -0.481 e. The van der Waals surface area contributed by atoms with Crippen molar-refractivity contribution in [2.24, 2.45) is 11.8 Å². The van der Waals surface area contributed by atoms with Crippen LogP contribution >= 0.6 is 0 Å². The van der Waals surface area contributed by atoms with E-state index in [0.717, 1.165) is 25.7 Å². The first-order valence-electron chi connectivity index (χ1n) is 6.78. The van der Waals surface area contributed by atoms with Gasteiger partial charge < -0.3 is 15.2 Å². The number of rotatable bonds is 4. The largest absolute Gasteiger partial charge is 0.481 e. The van der Waals surface area contributed by atoms with E-state index in [4.69, 9.17) is 9.84 Å². The van der Waals surface area contributed by atoms with Gasteiger partial charge in [0.15, 0.2) is 0 Å². The Labute approximate surface area is 107 Å². The minimum atomic E-state index is -0.799. The highest BCUT2D eigenvalue weighted by atomic mass is 16.5. The number of carboxylic acids is 1. The molecule has 1 amide bonds. The molecule has 2 rings (SSSR count). The van der Waals surface area contributed by atoms with Crippen LogP contribution < -0.4 is 5.32 Å². The Bertz CT molecular complexity index is 331. The van der Waals surface area contributed by atoms with Crippen molar-refractivity contribution in [3.63, 3.8) is 0 Å². The maximum Gasteiger partial charge on any atom is 0.308 e. The number of carbonyl (C=O) groups is 2. The summed E-state index contributed by atoms with van der Waals surface area (Å²) >= 11 is 0. The van der Waals surface area contributed by atoms with Gasteiger partial charge in [-0.25, -0.2) is 0 Å². The minimum absolute atomic E-state index is 0.00492. The molecule has 18 heavy (non-hydrogen) atoms. The zero-order valence-corrected chi connectivity index (χ0v) is 10.7. The van der Waals surface area contributed by atoms with Crippen LogP contribution in [0.4, 0.5) is 0 Å². The van der Waals surface area contributed by atoms with Crippen LogP contribution in [0.15, 0.2) is 0 Å². The van der Waals surface area contributed by atoms with Crippen molar-refractivity contribution in [2.75, 3.05) is 6.61 Å². The number of ether oxygens (including phenoxy) is 1. The van der Waals surface area contributed by atoms with Gasteiger partial charge >= 0.3 is 5.97 Å². The van der Waals surface area contributed by atoms with Gasteiger partial charge in [-0.1, -0.05) is 13.3 Å². The number of nitrogens with one attached hydrogen (secondary N) is 1. The average molecular weight is 255 g/mol. The molecule has 2 N–H and O–H groups in total. The van der Waals surface area contributed by atoms with Crippen LogP contribution in [-0.4, -0.2) is 35.7 Å². The molecular weight excluding hydrogens is 234 g/mol. The normalized spacial score (nSPS) is 35.6. The lowest BCUT2D eigenvalue weighted by molar-refractivity contribution is -0.142. The summed E-state index contributed by atoms with van der Waals surface area (Å²) in [5, 5.41) is 12.0. The zero-order chi connectivity index (χ0) is 13.1. The van der Waals surface area contributed by atoms with E-state index in [9.17, 15) is 9.59 Å². The number of hydrogen-bond donors (Lipinski definition) is 2. The van der Waals surface area contributed by atoms with Gasteiger partial charge in [-0.05, 0) is 25.7 Å². The first-order valence-corrected chi connectivity index (χ1v) is 6.78. The molecule has 1 saturated carbocycles. The first-order chi connectivity index (χ1) is 8.63. The van der Waals surface area contributed by atoms with Gasteiger partial charge in [-0.3, -0.25) is 9.59 Å². The lowest BCUT2D eigenvalue weighted by Crippen LogP contribution is -2.44. The molecule has 0 bridgehead atoms. The predicted octanol–water partition coefficient (Wildman–Crippen LogP) is 1.17. The fourth-order valence-electron chi connectivity index (χ4n) is 3.07. The Morgan fingerprint density at radius 3 is 2.72 bits per heavy atom. The lowest BCUT2D eigenvalue weighted by atomic mass is 9.97. The number of aliphatic carboxylic acids is 1. The van der Waals surface area contributed by atoms with Gasteiger partial charge in [0.1, 0.15) is 0 Å². The summed E-state index contributed by atoms with van der Waals surface area (Å²) in [6.45, 7) is 2.63. The third kappa shape index (κ3) is 2.66. The zero-order valence-electron chi connectivity index (χ0n) is 10.7. The Hall–Kier alpha value is -1.10. The average Bonchev–Trinajstić information content (AvgIpc) is 2.96. The van der Waals surface area contributed by atoms with E-state index in [1.54, 1.807) is 0 Å². The van der Waals surface area contributed by atoms with Gasteiger partial charge in [0.2, 0.25) is 5.91 Å². The first kappa shape index (κ1) is 13.3. The second kappa shape index (κ2) is 5.69. The topological polar surface area (TPSA) is 75.6 Å². The molecule has 5 nitrogen and oxygen atoms in total. The number of carbonyl (C=O) groups excluding carboxylic acids is 1. The van der Waals surface area contributed by atoms with E-state index in [1.807, 2.05) is 6.92 Å². The van der Waals surface area contributed by atoms with Gasteiger partial charge in [-0.15, -0.1) is 0 Å². The van der Waals surface area contributed by atoms with Crippen molar-refractivity contribution < 1.29 is 19.4 Å². The molecule has 2 fully saturated rings. The van der Waals surface area contributed by atoms with Gasteiger partial charge in [-0.2, -0.15) is 0 Å². The summed E-state index contributed by atoms with van der Waals surface area (Å²) in [6.07, 6.45) is 3.88. The number of amides is 1. The summed E-state index contributed by atoms with van der Waals surface area (Å²) in [6, 6.07) is -0.201. The van der Waals surface area contributed by atoms with E-state index in [-0.39, 0.29) is 24.0 Å². The summed E-state index contributed by atoms with van der Waals surface area (Å²) in [5.41, 5.74) is 0. The summed E-state index contributed by atoms with van der Waals surface area (Å²) < 4.78 is 5.50. The highest BCUT2D eigenvalue weighted by Gasteiger charge is 2.38. The van der Waals surface area contributed by atoms with Crippen LogP contribution in [0.1, 0.15) is 39.0 Å². The molecule has 102 valence electrons.